The summed E-state index contributed by atoms with van der Waals surface area (Å²) in [6, 6.07) is 14.8. The van der Waals surface area contributed by atoms with Gasteiger partial charge >= 0.3 is 5.97 Å². The van der Waals surface area contributed by atoms with Crippen molar-refractivity contribution in [3.05, 3.63) is 71.4 Å². The number of benzene rings is 2. The molecule has 1 aromatic heterocycles. The van der Waals surface area contributed by atoms with E-state index in [1.54, 1.807) is 0 Å². The van der Waals surface area contributed by atoms with Crippen molar-refractivity contribution in [2.75, 3.05) is 6.61 Å². The molecule has 2 atom stereocenters. The largest absolute Gasteiger partial charge is 0.454 e. The van der Waals surface area contributed by atoms with Crippen LogP contribution in [0, 0.1) is 0 Å². The number of hydrogen-bond donors (Lipinski definition) is 3. The molecule has 32 heavy (non-hydrogen) atoms. The number of carbonyl (C=O) groups is 3. The lowest BCUT2D eigenvalue weighted by atomic mass is 9.88. The van der Waals surface area contributed by atoms with Crippen LogP contribution in [0.2, 0.25) is 0 Å². The zero-order chi connectivity index (χ0) is 22.5. The molecule has 7 heteroatoms. The molecular formula is C25H27N3O4. The molecule has 1 heterocycles. The van der Waals surface area contributed by atoms with Gasteiger partial charge in [-0.15, -0.1) is 0 Å². The normalized spacial score (nSPS) is 16.1. The highest BCUT2D eigenvalue weighted by molar-refractivity contribution is 5.88. The van der Waals surface area contributed by atoms with Gasteiger partial charge in [-0.2, -0.15) is 0 Å². The monoisotopic (exact) mass is 433 g/mol. The highest BCUT2D eigenvalue weighted by Gasteiger charge is 2.25. The van der Waals surface area contributed by atoms with Crippen molar-refractivity contribution in [3.63, 3.8) is 0 Å². The number of ether oxygens (including phenoxy) is 1. The predicted octanol–water partition coefficient (Wildman–Crippen LogP) is 2.95. The molecule has 7 nitrogen and oxygen atoms in total. The van der Waals surface area contributed by atoms with Crippen molar-refractivity contribution in [2.24, 2.45) is 0 Å². The fourth-order valence-electron chi connectivity index (χ4n) is 4.34. The lowest BCUT2D eigenvalue weighted by Gasteiger charge is -2.26. The summed E-state index contributed by atoms with van der Waals surface area (Å²) >= 11 is 0. The van der Waals surface area contributed by atoms with E-state index in [4.69, 9.17) is 4.74 Å². The summed E-state index contributed by atoms with van der Waals surface area (Å²) in [5.74, 6) is -1.33. The van der Waals surface area contributed by atoms with Gasteiger partial charge < -0.3 is 20.4 Å². The van der Waals surface area contributed by atoms with Crippen LogP contribution in [0.5, 0.6) is 0 Å². The van der Waals surface area contributed by atoms with Crippen LogP contribution in [0.15, 0.2) is 54.7 Å². The van der Waals surface area contributed by atoms with Gasteiger partial charge in [-0.3, -0.25) is 9.59 Å². The molecule has 2 unspecified atom stereocenters. The molecule has 2 amide bonds. The molecule has 2 aromatic carbocycles. The molecule has 0 fully saturated rings. The first-order valence-corrected chi connectivity index (χ1v) is 10.9. The van der Waals surface area contributed by atoms with Gasteiger partial charge in [0.05, 0.1) is 6.04 Å². The van der Waals surface area contributed by atoms with Gasteiger partial charge in [-0.05, 0) is 42.0 Å². The van der Waals surface area contributed by atoms with Crippen LogP contribution in [0.3, 0.4) is 0 Å². The zero-order valence-corrected chi connectivity index (χ0v) is 18.0. The van der Waals surface area contributed by atoms with Crippen LogP contribution in [0.25, 0.3) is 10.9 Å². The van der Waals surface area contributed by atoms with Crippen molar-refractivity contribution in [3.8, 4) is 0 Å². The van der Waals surface area contributed by atoms with E-state index in [0.717, 1.165) is 41.3 Å². The summed E-state index contributed by atoms with van der Waals surface area (Å²) in [5, 5.41) is 6.59. The third-order valence-corrected chi connectivity index (χ3v) is 5.81. The molecule has 0 spiro atoms. The Bertz CT molecular complexity index is 1140. The molecule has 166 valence electrons. The van der Waals surface area contributed by atoms with Gasteiger partial charge in [0.15, 0.2) is 6.61 Å². The van der Waals surface area contributed by atoms with Gasteiger partial charge in [0.1, 0.15) is 6.04 Å². The standard InChI is InChI=1S/C25H27N3O4/c1-16(29)27-23(13-18-14-26-21-11-5-4-10-20(18)21)25(31)32-15-24(30)28-22-12-6-8-17-7-2-3-9-19(17)22/h2-5,7,9-11,14,22-23,26H,6,8,12-13,15H2,1H3,(H,27,29)(H,28,30). The van der Waals surface area contributed by atoms with E-state index in [-0.39, 0.29) is 30.9 Å². The van der Waals surface area contributed by atoms with Crippen molar-refractivity contribution < 1.29 is 19.1 Å². The Kier molecular flexibility index (Phi) is 6.54. The number of aryl methyl sites for hydroxylation is 1. The van der Waals surface area contributed by atoms with Gasteiger partial charge in [-0.25, -0.2) is 4.79 Å². The molecule has 0 saturated heterocycles. The van der Waals surface area contributed by atoms with Crippen molar-refractivity contribution in [1.82, 2.24) is 15.6 Å². The van der Waals surface area contributed by atoms with Crippen LogP contribution in [-0.2, 0) is 32.0 Å². The number of rotatable bonds is 7. The van der Waals surface area contributed by atoms with Crippen molar-refractivity contribution in [2.45, 2.75) is 44.7 Å². The van der Waals surface area contributed by atoms with Crippen LogP contribution in [0.1, 0.15) is 42.5 Å². The number of para-hydroxylation sites is 1. The molecule has 0 saturated carbocycles. The Morgan fingerprint density at radius 3 is 2.75 bits per heavy atom. The highest BCUT2D eigenvalue weighted by atomic mass is 16.5. The lowest BCUT2D eigenvalue weighted by molar-refractivity contribution is -0.151. The van der Waals surface area contributed by atoms with Gasteiger partial charge in [0, 0.05) is 30.4 Å². The number of amides is 2. The van der Waals surface area contributed by atoms with E-state index in [0.29, 0.717) is 0 Å². The average molecular weight is 434 g/mol. The minimum Gasteiger partial charge on any atom is -0.454 e. The zero-order valence-electron chi connectivity index (χ0n) is 18.0. The van der Waals surface area contributed by atoms with E-state index in [1.807, 2.05) is 48.7 Å². The first kappa shape index (κ1) is 21.6. The number of esters is 1. The minimum atomic E-state index is -0.880. The van der Waals surface area contributed by atoms with E-state index >= 15 is 0 Å². The molecular weight excluding hydrogens is 406 g/mol. The maximum Gasteiger partial charge on any atom is 0.329 e. The number of fused-ring (bicyclic) bond motifs is 2. The summed E-state index contributed by atoms with van der Waals surface area (Å²) in [5.41, 5.74) is 4.20. The molecule has 1 aliphatic rings. The SMILES string of the molecule is CC(=O)NC(Cc1c[nH]c2ccccc12)C(=O)OCC(=O)NC1CCCc2ccccc21. The molecule has 3 N–H and O–H groups in total. The molecule has 0 aliphatic heterocycles. The third-order valence-electron chi connectivity index (χ3n) is 5.81. The Labute approximate surface area is 186 Å². The van der Waals surface area contributed by atoms with E-state index < -0.39 is 12.0 Å². The number of hydrogen-bond acceptors (Lipinski definition) is 4. The third kappa shape index (κ3) is 4.99. The maximum absolute atomic E-state index is 12.7. The fraction of sp³-hybridized carbons (Fsp3) is 0.320. The molecule has 1 aliphatic carbocycles. The topological polar surface area (TPSA) is 100 Å². The predicted molar refractivity (Wildman–Crippen MR) is 121 cm³/mol. The molecule has 3 aromatic rings. The van der Waals surface area contributed by atoms with E-state index in [1.165, 1.54) is 12.5 Å². The van der Waals surface area contributed by atoms with E-state index in [2.05, 4.69) is 21.7 Å². The first-order valence-electron chi connectivity index (χ1n) is 10.9. The average Bonchev–Trinajstić information content (AvgIpc) is 3.20. The second-order valence-corrected chi connectivity index (χ2v) is 8.14. The summed E-state index contributed by atoms with van der Waals surface area (Å²) in [7, 11) is 0. The molecule has 4 rings (SSSR count). The smallest absolute Gasteiger partial charge is 0.329 e. The number of carbonyl (C=O) groups excluding carboxylic acids is 3. The minimum absolute atomic E-state index is 0.0801. The Balaban J connectivity index is 1.37. The lowest BCUT2D eigenvalue weighted by Crippen LogP contribution is -2.43. The Morgan fingerprint density at radius 2 is 1.91 bits per heavy atom. The number of aromatic amines is 1. The number of aromatic nitrogens is 1. The summed E-state index contributed by atoms with van der Waals surface area (Å²) in [6.07, 6.45) is 4.94. The fourth-order valence-corrected chi connectivity index (χ4v) is 4.34. The second kappa shape index (κ2) is 9.68. The summed E-state index contributed by atoms with van der Waals surface area (Å²) in [4.78, 5) is 40.0. The Morgan fingerprint density at radius 1 is 1.12 bits per heavy atom. The summed E-state index contributed by atoms with van der Waals surface area (Å²) < 4.78 is 5.28. The highest BCUT2D eigenvalue weighted by Crippen LogP contribution is 2.29. The van der Waals surface area contributed by atoms with E-state index in [9.17, 15) is 14.4 Å². The summed E-state index contributed by atoms with van der Waals surface area (Å²) in [6.45, 7) is 0.963. The molecule has 0 radical (unpaired) electrons. The van der Waals surface area contributed by atoms with Crippen molar-refractivity contribution >= 4 is 28.7 Å². The van der Waals surface area contributed by atoms with Gasteiger partial charge in [0.2, 0.25) is 5.91 Å². The maximum atomic E-state index is 12.7. The quantitative estimate of drug-likeness (QED) is 0.499. The first-order chi connectivity index (χ1) is 15.5. The number of H-pyrrole nitrogens is 1. The number of nitrogens with one attached hydrogen (secondary N) is 3. The molecule has 0 bridgehead atoms. The second-order valence-electron chi connectivity index (χ2n) is 8.14. The van der Waals surface area contributed by atoms with Crippen LogP contribution in [-0.4, -0.2) is 35.4 Å². The van der Waals surface area contributed by atoms with Crippen LogP contribution in [0.4, 0.5) is 0 Å². The van der Waals surface area contributed by atoms with Crippen LogP contribution >= 0.6 is 0 Å². The van der Waals surface area contributed by atoms with Gasteiger partial charge in [-0.1, -0.05) is 42.5 Å². The van der Waals surface area contributed by atoms with Crippen molar-refractivity contribution in [1.29, 1.82) is 0 Å². The Hall–Kier alpha value is -3.61. The van der Waals surface area contributed by atoms with Gasteiger partial charge in [0.25, 0.3) is 5.91 Å². The van der Waals surface area contributed by atoms with Crippen LogP contribution < -0.4 is 10.6 Å².